The van der Waals surface area contributed by atoms with Gasteiger partial charge >= 0.3 is 11.9 Å². The topological polar surface area (TPSA) is 67.9 Å². The van der Waals surface area contributed by atoms with E-state index in [0.29, 0.717) is 27.5 Å². The maximum absolute atomic E-state index is 12.7. The number of nitrogens with zero attached hydrogens (tertiary/aromatic N) is 1. The summed E-state index contributed by atoms with van der Waals surface area (Å²) in [6.45, 7) is 3.81. The molecule has 0 spiro atoms. The van der Waals surface area contributed by atoms with E-state index >= 15 is 0 Å². The molecule has 0 aromatic heterocycles. The SMILES string of the molecule is COC(=O)C1=C(C)N(c2ccc(C)cc2)C(=S)N[C@H]1c1ccccc1C(=O)OC. The summed E-state index contributed by atoms with van der Waals surface area (Å²) in [5, 5.41) is 3.62. The molecule has 0 radical (unpaired) electrons. The number of benzene rings is 2. The van der Waals surface area contributed by atoms with E-state index in [1.807, 2.05) is 38.1 Å². The van der Waals surface area contributed by atoms with Crippen molar-refractivity contribution in [2.24, 2.45) is 0 Å². The number of esters is 2. The van der Waals surface area contributed by atoms with Gasteiger partial charge in [-0.15, -0.1) is 0 Å². The van der Waals surface area contributed by atoms with Gasteiger partial charge in [-0.05, 0) is 49.8 Å². The summed E-state index contributed by atoms with van der Waals surface area (Å²) in [4.78, 5) is 26.8. The highest BCUT2D eigenvalue weighted by molar-refractivity contribution is 7.80. The van der Waals surface area contributed by atoms with E-state index in [9.17, 15) is 9.59 Å². The van der Waals surface area contributed by atoms with Gasteiger partial charge in [0.25, 0.3) is 0 Å². The fourth-order valence-electron chi connectivity index (χ4n) is 3.40. The summed E-state index contributed by atoms with van der Waals surface area (Å²) < 4.78 is 9.96. The third-order valence-corrected chi connectivity index (χ3v) is 5.16. The summed E-state index contributed by atoms with van der Waals surface area (Å²) in [6, 6.07) is 14.1. The van der Waals surface area contributed by atoms with Crippen molar-refractivity contribution in [3.8, 4) is 0 Å². The second-order valence-corrected chi connectivity index (χ2v) is 7.01. The number of methoxy groups -OCH3 is 2. The first-order chi connectivity index (χ1) is 13.9. The summed E-state index contributed by atoms with van der Waals surface area (Å²) in [5.74, 6) is -0.990. The number of hydrogen-bond acceptors (Lipinski definition) is 5. The molecule has 7 heteroatoms. The average molecular weight is 410 g/mol. The maximum atomic E-state index is 12.7. The second-order valence-electron chi connectivity index (χ2n) is 6.62. The number of aryl methyl sites for hydroxylation is 1. The fraction of sp³-hybridized carbons (Fsp3) is 0.227. The highest BCUT2D eigenvalue weighted by Gasteiger charge is 2.36. The van der Waals surface area contributed by atoms with Crippen molar-refractivity contribution in [2.45, 2.75) is 19.9 Å². The van der Waals surface area contributed by atoms with Crippen LogP contribution in [0.15, 0.2) is 59.8 Å². The van der Waals surface area contributed by atoms with E-state index in [-0.39, 0.29) is 0 Å². The average Bonchev–Trinajstić information content (AvgIpc) is 2.73. The summed E-state index contributed by atoms with van der Waals surface area (Å²) >= 11 is 5.62. The largest absolute Gasteiger partial charge is 0.466 e. The Morgan fingerprint density at radius 1 is 0.966 bits per heavy atom. The highest BCUT2D eigenvalue weighted by Crippen LogP contribution is 2.35. The Morgan fingerprint density at radius 3 is 2.21 bits per heavy atom. The van der Waals surface area contributed by atoms with Crippen LogP contribution in [0.5, 0.6) is 0 Å². The molecule has 0 unspecified atom stereocenters. The minimum absolute atomic E-state index is 0.355. The molecule has 6 nitrogen and oxygen atoms in total. The Morgan fingerprint density at radius 2 is 1.59 bits per heavy atom. The Labute approximate surface area is 175 Å². The van der Waals surface area contributed by atoms with Crippen LogP contribution in [0.25, 0.3) is 0 Å². The molecule has 29 heavy (non-hydrogen) atoms. The number of allylic oxidation sites excluding steroid dienone is 1. The molecule has 0 saturated heterocycles. The Balaban J connectivity index is 2.18. The number of hydrogen-bond donors (Lipinski definition) is 1. The number of carbonyl (C=O) groups excluding carboxylic acids is 2. The normalized spacial score (nSPS) is 16.3. The number of carbonyl (C=O) groups is 2. The van der Waals surface area contributed by atoms with E-state index in [4.69, 9.17) is 21.7 Å². The van der Waals surface area contributed by atoms with E-state index < -0.39 is 18.0 Å². The summed E-state index contributed by atoms with van der Waals surface area (Å²) in [7, 11) is 2.65. The minimum atomic E-state index is -0.646. The Kier molecular flexibility index (Phi) is 5.98. The first-order valence-electron chi connectivity index (χ1n) is 9.02. The van der Waals surface area contributed by atoms with E-state index in [0.717, 1.165) is 11.3 Å². The van der Waals surface area contributed by atoms with Gasteiger partial charge in [0.05, 0.1) is 31.4 Å². The van der Waals surface area contributed by atoms with Gasteiger partial charge in [0, 0.05) is 11.4 Å². The zero-order valence-electron chi connectivity index (χ0n) is 16.7. The highest BCUT2D eigenvalue weighted by atomic mass is 32.1. The zero-order valence-corrected chi connectivity index (χ0v) is 17.5. The molecule has 3 rings (SSSR count). The molecule has 0 saturated carbocycles. The minimum Gasteiger partial charge on any atom is -0.466 e. The molecular weight excluding hydrogens is 388 g/mol. The Bertz CT molecular complexity index is 998. The molecule has 150 valence electrons. The molecule has 1 aliphatic heterocycles. The van der Waals surface area contributed by atoms with Crippen molar-refractivity contribution >= 4 is 35.0 Å². The van der Waals surface area contributed by atoms with Gasteiger partial charge in [-0.25, -0.2) is 9.59 Å². The van der Waals surface area contributed by atoms with Crippen LogP contribution >= 0.6 is 12.2 Å². The van der Waals surface area contributed by atoms with Crippen LogP contribution in [0.2, 0.25) is 0 Å². The summed E-state index contributed by atoms with van der Waals surface area (Å²) in [5.41, 5.74) is 3.89. The smallest absolute Gasteiger partial charge is 0.338 e. The second kappa shape index (κ2) is 8.45. The van der Waals surface area contributed by atoms with Crippen molar-refractivity contribution in [1.29, 1.82) is 0 Å². The van der Waals surface area contributed by atoms with Gasteiger partial charge in [-0.3, -0.25) is 4.90 Å². The molecule has 1 aliphatic rings. The van der Waals surface area contributed by atoms with Crippen molar-refractivity contribution in [3.63, 3.8) is 0 Å². The van der Waals surface area contributed by atoms with Crippen LogP contribution in [-0.2, 0) is 14.3 Å². The predicted molar refractivity (Wildman–Crippen MR) is 115 cm³/mol. The van der Waals surface area contributed by atoms with Crippen LogP contribution in [0.4, 0.5) is 5.69 Å². The molecule has 0 fully saturated rings. The lowest BCUT2D eigenvalue weighted by Crippen LogP contribution is -2.48. The monoisotopic (exact) mass is 410 g/mol. The molecule has 1 heterocycles. The maximum Gasteiger partial charge on any atom is 0.338 e. The zero-order chi connectivity index (χ0) is 21.1. The van der Waals surface area contributed by atoms with Gasteiger partial charge in [0.1, 0.15) is 0 Å². The van der Waals surface area contributed by atoms with Crippen LogP contribution in [-0.4, -0.2) is 31.3 Å². The Hall–Kier alpha value is -3.19. The molecule has 0 bridgehead atoms. The molecule has 1 N–H and O–H groups in total. The van der Waals surface area contributed by atoms with E-state index in [1.54, 1.807) is 29.2 Å². The first-order valence-corrected chi connectivity index (χ1v) is 9.43. The third-order valence-electron chi connectivity index (χ3n) is 4.86. The number of rotatable bonds is 4. The lowest BCUT2D eigenvalue weighted by Gasteiger charge is -2.37. The molecule has 0 amide bonds. The summed E-state index contributed by atoms with van der Waals surface area (Å²) in [6.07, 6.45) is 0. The number of nitrogens with one attached hydrogen (secondary N) is 1. The molecule has 0 aliphatic carbocycles. The molecule has 1 atom stereocenters. The van der Waals surface area contributed by atoms with E-state index in [2.05, 4.69) is 5.32 Å². The van der Waals surface area contributed by atoms with Gasteiger partial charge in [-0.1, -0.05) is 35.9 Å². The van der Waals surface area contributed by atoms with Gasteiger partial charge in [-0.2, -0.15) is 0 Å². The lowest BCUT2D eigenvalue weighted by molar-refractivity contribution is -0.136. The number of anilines is 1. The number of thiocarbonyl (C=S) groups is 1. The quantitative estimate of drug-likeness (QED) is 0.609. The number of ether oxygens (including phenoxy) is 2. The van der Waals surface area contributed by atoms with Gasteiger partial charge in [0.15, 0.2) is 5.11 Å². The van der Waals surface area contributed by atoms with Crippen molar-refractivity contribution < 1.29 is 19.1 Å². The van der Waals surface area contributed by atoms with Crippen LogP contribution in [0.3, 0.4) is 0 Å². The molecular formula is C22H22N2O4S. The first kappa shape index (κ1) is 20.5. The van der Waals surface area contributed by atoms with Gasteiger partial charge < -0.3 is 14.8 Å². The predicted octanol–water partition coefficient (Wildman–Crippen LogP) is 3.66. The molecule has 2 aromatic carbocycles. The lowest BCUT2D eigenvalue weighted by atomic mass is 9.91. The van der Waals surface area contributed by atoms with Crippen molar-refractivity contribution in [1.82, 2.24) is 5.32 Å². The third kappa shape index (κ3) is 3.86. The van der Waals surface area contributed by atoms with Gasteiger partial charge in [0.2, 0.25) is 0 Å². The van der Waals surface area contributed by atoms with Crippen molar-refractivity contribution in [2.75, 3.05) is 19.1 Å². The van der Waals surface area contributed by atoms with Crippen LogP contribution in [0.1, 0.15) is 34.5 Å². The standard InChI is InChI=1S/C22H22N2O4S/c1-13-9-11-15(12-10-13)24-14(2)18(21(26)28-4)19(23-22(24)29)16-7-5-6-8-17(16)20(25)27-3/h5-12,19H,1-4H3,(H,23,29)/t19-/m0/s1. The van der Waals surface area contributed by atoms with Crippen LogP contribution < -0.4 is 10.2 Å². The van der Waals surface area contributed by atoms with Crippen LogP contribution in [0, 0.1) is 6.92 Å². The van der Waals surface area contributed by atoms with E-state index in [1.165, 1.54) is 14.2 Å². The molecule has 2 aromatic rings. The fourth-order valence-corrected chi connectivity index (χ4v) is 3.76. The van der Waals surface area contributed by atoms with Crippen molar-refractivity contribution in [3.05, 3.63) is 76.5 Å².